The number of carbonyl (C=O) groups is 1. The van der Waals surface area contributed by atoms with E-state index in [1.807, 2.05) is 6.26 Å². The van der Waals surface area contributed by atoms with Crippen LogP contribution >= 0.6 is 35.0 Å². The van der Waals surface area contributed by atoms with Crippen LogP contribution in [0.4, 0.5) is 14.5 Å². The van der Waals surface area contributed by atoms with Crippen molar-refractivity contribution in [2.75, 3.05) is 11.6 Å². The Morgan fingerprint density at radius 3 is 2.54 bits per heavy atom. The number of nitrogens with one attached hydrogen (secondary N) is 1. The zero-order valence-corrected chi connectivity index (χ0v) is 16.9. The summed E-state index contributed by atoms with van der Waals surface area (Å²) in [4.78, 5) is 17.6. The van der Waals surface area contributed by atoms with Crippen LogP contribution in [-0.4, -0.2) is 17.1 Å². The fraction of sp³-hybridized carbons (Fsp3) is 0.100. The highest BCUT2D eigenvalue weighted by Crippen LogP contribution is 2.32. The predicted molar refractivity (Wildman–Crippen MR) is 111 cm³/mol. The first-order valence-electron chi connectivity index (χ1n) is 8.08. The monoisotopic (exact) mass is 438 g/mol. The molecule has 28 heavy (non-hydrogen) atoms. The summed E-state index contributed by atoms with van der Waals surface area (Å²) in [6.07, 6.45) is 0.596. The third kappa shape index (κ3) is 4.63. The maximum atomic E-state index is 13.0. The zero-order valence-electron chi connectivity index (χ0n) is 14.5. The highest BCUT2D eigenvalue weighted by molar-refractivity contribution is 7.98. The second kappa shape index (κ2) is 8.90. The molecule has 0 atom stereocenters. The van der Waals surface area contributed by atoms with Gasteiger partial charge in [-0.15, -0.1) is 11.8 Å². The lowest BCUT2D eigenvalue weighted by molar-refractivity contribution is 0.102. The molecule has 0 aliphatic rings. The Morgan fingerprint density at radius 1 is 1.07 bits per heavy atom. The molecule has 0 saturated heterocycles. The molecule has 1 amide bonds. The molecule has 2 aromatic carbocycles. The van der Waals surface area contributed by atoms with Gasteiger partial charge in [0.15, 0.2) is 0 Å². The Kier molecular flexibility index (Phi) is 6.54. The number of hydrogen-bond acceptors (Lipinski definition) is 3. The summed E-state index contributed by atoms with van der Waals surface area (Å²) < 4.78 is 25.9. The Bertz CT molecular complexity index is 1030. The Balaban J connectivity index is 1.89. The first kappa shape index (κ1) is 20.6. The van der Waals surface area contributed by atoms with E-state index in [2.05, 4.69) is 10.3 Å². The first-order chi connectivity index (χ1) is 13.4. The molecular weight excluding hydrogens is 425 g/mol. The molecule has 0 radical (unpaired) electrons. The molecule has 3 aromatic rings. The quantitative estimate of drug-likeness (QED) is 0.437. The fourth-order valence-electron chi connectivity index (χ4n) is 2.53. The largest absolute Gasteiger partial charge is 0.322 e. The molecule has 0 aliphatic carbocycles. The van der Waals surface area contributed by atoms with Crippen LogP contribution < -0.4 is 5.32 Å². The minimum absolute atomic E-state index is 0.156. The maximum absolute atomic E-state index is 13.0. The van der Waals surface area contributed by atoms with Gasteiger partial charge in [0.1, 0.15) is 0 Å². The van der Waals surface area contributed by atoms with E-state index in [4.69, 9.17) is 23.2 Å². The van der Waals surface area contributed by atoms with Crippen LogP contribution in [0.2, 0.25) is 10.0 Å². The lowest BCUT2D eigenvalue weighted by Crippen LogP contribution is -2.12. The van der Waals surface area contributed by atoms with Crippen molar-refractivity contribution in [3.8, 4) is 11.3 Å². The van der Waals surface area contributed by atoms with E-state index in [9.17, 15) is 13.6 Å². The number of nitrogens with zero attached hydrogens (tertiary/aromatic N) is 1. The van der Waals surface area contributed by atoms with Gasteiger partial charge in [-0.25, -0.2) is 8.78 Å². The molecule has 8 heteroatoms. The third-order valence-electron chi connectivity index (χ3n) is 3.96. The number of benzene rings is 2. The Morgan fingerprint density at radius 2 is 1.86 bits per heavy atom. The van der Waals surface area contributed by atoms with Crippen LogP contribution in [0.15, 0.2) is 59.6 Å². The van der Waals surface area contributed by atoms with E-state index in [1.165, 1.54) is 30.1 Å². The molecule has 1 N–H and O–H groups in total. The second-order valence-electron chi connectivity index (χ2n) is 5.77. The van der Waals surface area contributed by atoms with Crippen molar-refractivity contribution in [1.29, 1.82) is 0 Å². The second-order valence-corrected chi connectivity index (χ2v) is 7.46. The van der Waals surface area contributed by atoms with Crippen LogP contribution in [-0.2, 0) is 0 Å². The molecular formula is C20H14Cl2F2N2OS. The average Bonchev–Trinajstić information content (AvgIpc) is 2.69. The SMILES string of the molecule is CSc1ccc(C(=O)Nc2ccc(Cl)c(-c3cc(C(F)F)ccn3)c2)c(Cl)c1. The summed E-state index contributed by atoms with van der Waals surface area (Å²) in [5, 5.41) is 3.42. The van der Waals surface area contributed by atoms with Gasteiger partial charge in [-0.05, 0) is 54.8 Å². The normalized spacial score (nSPS) is 10.9. The van der Waals surface area contributed by atoms with E-state index in [0.29, 0.717) is 32.6 Å². The standard InChI is InChI=1S/C20H14Cl2F2N2OS/c1-28-13-3-4-14(17(22)10-13)20(27)26-12-2-5-16(21)15(9-12)18-8-11(19(23)24)6-7-25-18/h2-10,19H,1H3,(H,26,27). The van der Waals surface area contributed by atoms with Crippen molar-refractivity contribution in [2.24, 2.45) is 0 Å². The van der Waals surface area contributed by atoms with Gasteiger partial charge < -0.3 is 5.32 Å². The minimum atomic E-state index is -2.62. The smallest absolute Gasteiger partial charge is 0.263 e. The number of hydrogen-bond donors (Lipinski definition) is 1. The van der Waals surface area contributed by atoms with E-state index in [1.54, 1.807) is 36.4 Å². The van der Waals surface area contributed by atoms with Gasteiger partial charge in [0.2, 0.25) is 0 Å². The fourth-order valence-corrected chi connectivity index (χ4v) is 3.52. The average molecular weight is 439 g/mol. The molecule has 0 bridgehead atoms. The van der Waals surface area contributed by atoms with Gasteiger partial charge in [-0.1, -0.05) is 23.2 Å². The predicted octanol–water partition coefficient (Wildman–Crippen LogP) is 6.97. The number of carbonyl (C=O) groups excluding carboxylic acids is 1. The molecule has 1 aromatic heterocycles. The zero-order chi connectivity index (χ0) is 20.3. The molecule has 0 aliphatic heterocycles. The molecule has 0 saturated carbocycles. The summed E-state index contributed by atoms with van der Waals surface area (Å²) in [5.41, 5.74) is 1.34. The lowest BCUT2D eigenvalue weighted by Gasteiger charge is -2.11. The van der Waals surface area contributed by atoms with Crippen molar-refractivity contribution in [1.82, 2.24) is 4.98 Å². The molecule has 3 rings (SSSR count). The topological polar surface area (TPSA) is 42.0 Å². The molecule has 0 fully saturated rings. The molecule has 0 unspecified atom stereocenters. The summed E-state index contributed by atoms with van der Waals surface area (Å²) in [6, 6.07) is 12.5. The van der Waals surface area contributed by atoms with Crippen molar-refractivity contribution in [2.45, 2.75) is 11.3 Å². The van der Waals surface area contributed by atoms with E-state index in [0.717, 1.165) is 4.90 Å². The summed E-state index contributed by atoms with van der Waals surface area (Å²) >= 11 is 13.9. The highest BCUT2D eigenvalue weighted by Gasteiger charge is 2.14. The van der Waals surface area contributed by atoms with Gasteiger partial charge in [0, 0.05) is 27.9 Å². The summed E-state index contributed by atoms with van der Waals surface area (Å²) in [6.45, 7) is 0. The Labute approximate surface area is 175 Å². The van der Waals surface area contributed by atoms with Crippen LogP contribution in [0.5, 0.6) is 0 Å². The van der Waals surface area contributed by atoms with Crippen LogP contribution in [0.1, 0.15) is 22.3 Å². The van der Waals surface area contributed by atoms with Gasteiger partial charge in [-0.2, -0.15) is 0 Å². The lowest BCUT2D eigenvalue weighted by atomic mass is 10.1. The number of halogens is 4. The molecule has 3 nitrogen and oxygen atoms in total. The number of pyridine rings is 1. The number of amides is 1. The number of anilines is 1. The van der Waals surface area contributed by atoms with Crippen LogP contribution in [0.25, 0.3) is 11.3 Å². The first-order valence-corrected chi connectivity index (χ1v) is 10.1. The highest BCUT2D eigenvalue weighted by atomic mass is 35.5. The third-order valence-corrected chi connectivity index (χ3v) is 5.32. The summed E-state index contributed by atoms with van der Waals surface area (Å²) in [5.74, 6) is -0.389. The molecule has 144 valence electrons. The van der Waals surface area contributed by atoms with Crippen LogP contribution in [0, 0.1) is 0 Å². The summed E-state index contributed by atoms with van der Waals surface area (Å²) in [7, 11) is 0. The van der Waals surface area contributed by atoms with Gasteiger partial charge in [0.05, 0.1) is 21.3 Å². The van der Waals surface area contributed by atoms with E-state index >= 15 is 0 Å². The van der Waals surface area contributed by atoms with Crippen LogP contribution in [0.3, 0.4) is 0 Å². The van der Waals surface area contributed by atoms with E-state index < -0.39 is 6.43 Å². The van der Waals surface area contributed by atoms with Gasteiger partial charge >= 0.3 is 0 Å². The van der Waals surface area contributed by atoms with E-state index in [-0.39, 0.29) is 11.5 Å². The number of thioether (sulfide) groups is 1. The van der Waals surface area contributed by atoms with Gasteiger partial charge in [-0.3, -0.25) is 9.78 Å². The number of rotatable bonds is 5. The minimum Gasteiger partial charge on any atom is -0.322 e. The maximum Gasteiger partial charge on any atom is 0.263 e. The molecule has 0 spiro atoms. The van der Waals surface area contributed by atoms with Crippen molar-refractivity contribution in [3.63, 3.8) is 0 Å². The van der Waals surface area contributed by atoms with Crippen molar-refractivity contribution < 1.29 is 13.6 Å². The Hall–Kier alpha value is -2.15. The van der Waals surface area contributed by atoms with Crippen molar-refractivity contribution >= 4 is 46.6 Å². The molecule has 1 heterocycles. The van der Waals surface area contributed by atoms with Crippen molar-refractivity contribution in [3.05, 3.63) is 75.9 Å². The number of aromatic nitrogens is 1. The number of alkyl halides is 2. The van der Waals surface area contributed by atoms with Gasteiger partial charge in [0.25, 0.3) is 12.3 Å².